The number of carboxylic acid groups (broad SMARTS) is 1. The van der Waals surface area contributed by atoms with Gasteiger partial charge in [0.15, 0.2) is 0 Å². The molecule has 0 radical (unpaired) electrons. The van der Waals surface area contributed by atoms with Crippen molar-refractivity contribution in [2.45, 2.75) is 51.9 Å². The number of carboxylic acids is 1. The second-order valence-corrected chi connectivity index (χ2v) is 6.72. The maximum Gasteiger partial charge on any atom is 0.407 e. The van der Waals surface area contributed by atoms with Crippen LogP contribution in [0.4, 0.5) is 9.59 Å². The molecular weight excluding hydrogens is 340 g/mol. The van der Waals surface area contributed by atoms with E-state index in [1.54, 1.807) is 20.8 Å². The van der Waals surface area contributed by atoms with Crippen LogP contribution in [-0.2, 0) is 20.9 Å². The maximum absolute atomic E-state index is 11.8. The Morgan fingerprint density at radius 1 is 1.12 bits per heavy atom. The van der Waals surface area contributed by atoms with Crippen molar-refractivity contribution in [2.75, 3.05) is 6.54 Å². The number of amides is 2. The predicted molar refractivity (Wildman–Crippen MR) is 94.7 cm³/mol. The highest BCUT2D eigenvalue weighted by Crippen LogP contribution is 2.08. The summed E-state index contributed by atoms with van der Waals surface area (Å²) in [7, 11) is 0. The van der Waals surface area contributed by atoms with Crippen LogP contribution in [0.2, 0.25) is 0 Å². The minimum atomic E-state index is -1.06. The molecule has 1 rings (SSSR count). The molecule has 0 aliphatic carbocycles. The van der Waals surface area contributed by atoms with Crippen molar-refractivity contribution in [1.29, 1.82) is 0 Å². The van der Waals surface area contributed by atoms with Gasteiger partial charge in [-0.2, -0.15) is 0 Å². The standard InChI is InChI=1S/C18H26N2O6/c1-18(2,3)26-17(24)20-14(11-15(21)22)9-10-19-16(23)25-12-13-7-5-4-6-8-13/h4-8,14H,9-12H2,1-3H3,(H,19,23)(H,20,24)(H,21,22)/t14-/m1/s1. The monoisotopic (exact) mass is 366 g/mol. The summed E-state index contributed by atoms with van der Waals surface area (Å²) < 4.78 is 10.2. The van der Waals surface area contributed by atoms with Gasteiger partial charge in [0.25, 0.3) is 0 Å². The zero-order valence-corrected chi connectivity index (χ0v) is 15.3. The highest BCUT2D eigenvalue weighted by Gasteiger charge is 2.21. The normalized spacial score (nSPS) is 12.0. The van der Waals surface area contributed by atoms with Crippen molar-refractivity contribution in [3.05, 3.63) is 35.9 Å². The van der Waals surface area contributed by atoms with Gasteiger partial charge in [0.2, 0.25) is 0 Å². The molecule has 2 amide bonds. The molecule has 0 aromatic heterocycles. The molecule has 0 saturated heterocycles. The second kappa shape index (κ2) is 10.3. The smallest absolute Gasteiger partial charge is 0.407 e. The topological polar surface area (TPSA) is 114 Å². The molecule has 0 aliphatic rings. The molecule has 0 heterocycles. The highest BCUT2D eigenvalue weighted by molar-refractivity contribution is 5.71. The van der Waals surface area contributed by atoms with Gasteiger partial charge < -0.3 is 25.2 Å². The van der Waals surface area contributed by atoms with E-state index in [9.17, 15) is 14.4 Å². The van der Waals surface area contributed by atoms with Crippen LogP contribution >= 0.6 is 0 Å². The highest BCUT2D eigenvalue weighted by atomic mass is 16.6. The predicted octanol–water partition coefficient (Wildman–Crippen LogP) is 2.67. The molecule has 0 fully saturated rings. The van der Waals surface area contributed by atoms with E-state index in [1.165, 1.54) is 0 Å². The average Bonchev–Trinajstić information content (AvgIpc) is 2.51. The molecule has 0 bridgehead atoms. The molecule has 1 aromatic carbocycles. The van der Waals surface area contributed by atoms with Crippen LogP contribution in [0.1, 0.15) is 39.2 Å². The Bertz CT molecular complexity index is 597. The summed E-state index contributed by atoms with van der Waals surface area (Å²) in [5.41, 5.74) is 0.176. The molecule has 1 aromatic rings. The summed E-state index contributed by atoms with van der Waals surface area (Å²) >= 11 is 0. The van der Waals surface area contributed by atoms with Gasteiger partial charge in [0.1, 0.15) is 12.2 Å². The molecule has 26 heavy (non-hydrogen) atoms. The lowest BCUT2D eigenvalue weighted by Gasteiger charge is -2.23. The summed E-state index contributed by atoms with van der Waals surface area (Å²) in [6.07, 6.45) is -1.36. The lowest BCUT2D eigenvalue weighted by atomic mass is 10.1. The minimum Gasteiger partial charge on any atom is -0.481 e. The lowest BCUT2D eigenvalue weighted by Crippen LogP contribution is -2.42. The summed E-state index contributed by atoms with van der Waals surface area (Å²) in [5.74, 6) is -1.06. The Kier molecular flexibility index (Phi) is 8.41. The van der Waals surface area contributed by atoms with E-state index in [-0.39, 0.29) is 26.0 Å². The number of carbonyl (C=O) groups excluding carboxylic acids is 2. The van der Waals surface area contributed by atoms with Crippen molar-refractivity contribution in [3.8, 4) is 0 Å². The van der Waals surface area contributed by atoms with E-state index in [4.69, 9.17) is 14.6 Å². The molecule has 0 unspecified atom stereocenters. The molecule has 8 nitrogen and oxygen atoms in total. The fourth-order valence-corrected chi connectivity index (χ4v) is 2.03. The molecule has 144 valence electrons. The van der Waals surface area contributed by atoms with Gasteiger partial charge in [0.05, 0.1) is 6.42 Å². The Morgan fingerprint density at radius 2 is 1.77 bits per heavy atom. The van der Waals surface area contributed by atoms with Crippen LogP contribution in [-0.4, -0.2) is 41.4 Å². The van der Waals surface area contributed by atoms with Crippen molar-refractivity contribution >= 4 is 18.2 Å². The zero-order valence-electron chi connectivity index (χ0n) is 15.3. The van der Waals surface area contributed by atoms with Crippen LogP contribution in [0.25, 0.3) is 0 Å². The first-order valence-corrected chi connectivity index (χ1v) is 8.31. The third-order valence-electron chi connectivity index (χ3n) is 3.12. The van der Waals surface area contributed by atoms with E-state index >= 15 is 0 Å². The zero-order chi connectivity index (χ0) is 19.6. The van der Waals surface area contributed by atoms with E-state index in [0.717, 1.165) is 5.56 Å². The number of aliphatic carboxylic acids is 1. The third kappa shape index (κ3) is 10.2. The number of ether oxygens (including phenoxy) is 2. The SMILES string of the molecule is CC(C)(C)OC(=O)N[C@H](CCNC(=O)OCc1ccccc1)CC(=O)O. The molecule has 8 heteroatoms. The molecule has 0 aliphatic heterocycles. The summed E-state index contributed by atoms with van der Waals surface area (Å²) in [4.78, 5) is 34.4. The number of alkyl carbamates (subject to hydrolysis) is 2. The first-order valence-electron chi connectivity index (χ1n) is 8.31. The van der Waals surface area contributed by atoms with E-state index in [1.807, 2.05) is 30.3 Å². The fourth-order valence-electron chi connectivity index (χ4n) is 2.03. The summed E-state index contributed by atoms with van der Waals surface area (Å²) in [6.45, 7) is 5.43. The van der Waals surface area contributed by atoms with Crippen molar-refractivity contribution in [2.24, 2.45) is 0 Å². The molecule has 0 saturated carbocycles. The van der Waals surface area contributed by atoms with Crippen LogP contribution in [0, 0.1) is 0 Å². The Labute approximate surface area is 152 Å². The molecule has 1 atom stereocenters. The van der Waals surface area contributed by atoms with Crippen molar-refractivity contribution in [1.82, 2.24) is 10.6 Å². The Hall–Kier alpha value is -2.77. The van der Waals surface area contributed by atoms with E-state index in [2.05, 4.69) is 10.6 Å². The molecule has 3 N–H and O–H groups in total. The number of benzene rings is 1. The maximum atomic E-state index is 11.8. The van der Waals surface area contributed by atoms with Crippen LogP contribution in [0.5, 0.6) is 0 Å². The van der Waals surface area contributed by atoms with Crippen molar-refractivity contribution in [3.63, 3.8) is 0 Å². The van der Waals surface area contributed by atoms with Gasteiger partial charge in [-0.3, -0.25) is 4.79 Å². The number of rotatable bonds is 8. The van der Waals surface area contributed by atoms with Crippen LogP contribution in [0.15, 0.2) is 30.3 Å². The number of nitrogens with one attached hydrogen (secondary N) is 2. The first kappa shape index (κ1) is 21.3. The average molecular weight is 366 g/mol. The Balaban J connectivity index is 2.37. The van der Waals surface area contributed by atoms with Crippen molar-refractivity contribution < 1.29 is 29.0 Å². The van der Waals surface area contributed by atoms with Crippen LogP contribution < -0.4 is 10.6 Å². The van der Waals surface area contributed by atoms with Gasteiger partial charge in [-0.1, -0.05) is 30.3 Å². The second-order valence-electron chi connectivity index (χ2n) is 6.72. The van der Waals surface area contributed by atoms with E-state index < -0.39 is 29.8 Å². The minimum absolute atomic E-state index is 0.140. The summed E-state index contributed by atoms with van der Waals surface area (Å²) in [6, 6.07) is 8.55. The van der Waals surface area contributed by atoms with Gasteiger partial charge in [-0.25, -0.2) is 9.59 Å². The Morgan fingerprint density at radius 3 is 2.35 bits per heavy atom. The number of hydrogen-bond donors (Lipinski definition) is 3. The first-order chi connectivity index (χ1) is 12.2. The molecule has 0 spiro atoms. The van der Waals surface area contributed by atoms with Gasteiger partial charge in [0, 0.05) is 12.6 Å². The number of hydrogen-bond acceptors (Lipinski definition) is 5. The number of carbonyl (C=O) groups is 3. The lowest BCUT2D eigenvalue weighted by molar-refractivity contribution is -0.137. The molecular formula is C18H26N2O6. The largest absolute Gasteiger partial charge is 0.481 e. The fraction of sp³-hybridized carbons (Fsp3) is 0.500. The van der Waals surface area contributed by atoms with E-state index in [0.29, 0.717) is 0 Å². The van der Waals surface area contributed by atoms with Gasteiger partial charge in [-0.15, -0.1) is 0 Å². The third-order valence-corrected chi connectivity index (χ3v) is 3.12. The van der Waals surface area contributed by atoms with Gasteiger partial charge in [-0.05, 0) is 32.8 Å². The van der Waals surface area contributed by atoms with Gasteiger partial charge >= 0.3 is 18.2 Å². The quantitative estimate of drug-likeness (QED) is 0.652. The summed E-state index contributed by atoms with van der Waals surface area (Å²) in [5, 5.41) is 14.0. The van der Waals surface area contributed by atoms with Crippen LogP contribution in [0.3, 0.4) is 0 Å².